The fraction of sp³-hybridized carbons (Fsp3) is 0.167. The van der Waals surface area contributed by atoms with Crippen molar-refractivity contribution < 1.29 is 4.52 Å². The maximum atomic E-state index is 5.48. The molecule has 0 bridgehead atoms. The minimum absolute atomic E-state index is 0.365. The Morgan fingerprint density at radius 1 is 1.21 bits per heavy atom. The lowest BCUT2D eigenvalue weighted by atomic mass is 10.1. The van der Waals surface area contributed by atoms with Gasteiger partial charge in [-0.25, -0.2) is 4.68 Å². The molecule has 0 aliphatic rings. The Hall–Kier alpha value is -2.70. The summed E-state index contributed by atoms with van der Waals surface area (Å²) < 4.78 is 6.71. The lowest BCUT2D eigenvalue weighted by molar-refractivity contribution is 0.360. The van der Waals surface area contributed by atoms with Crippen molar-refractivity contribution in [3.05, 3.63) is 53.8 Å². The largest absolute Gasteiger partial charge is 0.381 e. The van der Waals surface area contributed by atoms with Gasteiger partial charge in [0.1, 0.15) is 6.54 Å². The summed E-state index contributed by atoms with van der Waals surface area (Å²) in [6, 6.07) is 9.98. The van der Waals surface area contributed by atoms with Crippen LogP contribution in [0.5, 0.6) is 0 Å². The average molecular weight is 256 g/mol. The first-order valence-electron chi connectivity index (χ1n) is 5.80. The van der Waals surface area contributed by atoms with Gasteiger partial charge in [0.25, 0.3) is 0 Å². The molecule has 0 atom stereocenters. The summed E-state index contributed by atoms with van der Waals surface area (Å²) in [6.45, 7) is 0.367. The Balaban J connectivity index is 1.69. The van der Waals surface area contributed by atoms with Gasteiger partial charge in [-0.15, -0.1) is 5.10 Å². The van der Waals surface area contributed by atoms with Gasteiger partial charge in [0, 0.05) is 6.42 Å². The summed E-state index contributed by atoms with van der Waals surface area (Å²) in [5, 5.41) is 11.4. The molecule has 0 radical (unpaired) electrons. The minimum Gasteiger partial charge on any atom is -0.381 e. The average Bonchev–Trinajstić information content (AvgIpc) is 3.01. The third kappa shape index (κ3) is 2.76. The van der Waals surface area contributed by atoms with E-state index in [4.69, 9.17) is 10.3 Å². The molecule has 3 rings (SSSR count). The highest BCUT2D eigenvalue weighted by atomic mass is 16.5. The Labute approximate surface area is 109 Å². The Morgan fingerprint density at radius 2 is 2.05 bits per heavy atom. The van der Waals surface area contributed by atoms with Gasteiger partial charge in [-0.05, 0) is 5.56 Å². The van der Waals surface area contributed by atoms with Crippen LogP contribution in [0.3, 0.4) is 0 Å². The van der Waals surface area contributed by atoms with E-state index in [0.29, 0.717) is 30.5 Å². The van der Waals surface area contributed by atoms with Crippen molar-refractivity contribution in [1.82, 2.24) is 25.1 Å². The van der Waals surface area contributed by atoms with E-state index in [0.717, 1.165) is 5.56 Å². The molecular formula is C12H12N6O. The molecule has 1 aromatic carbocycles. The molecule has 0 spiro atoms. The first-order chi connectivity index (χ1) is 9.29. The molecule has 19 heavy (non-hydrogen) atoms. The Morgan fingerprint density at radius 3 is 2.79 bits per heavy atom. The van der Waals surface area contributed by atoms with E-state index >= 15 is 0 Å². The molecular weight excluding hydrogens is 244 g/mol. The Bertz CT molecular complexity index is 660. The van der Waals surface area contributed by atoms with Crippen molar-refractivity contribution in [2.24, 2.45) is 0 Å². The van der Waals surface area contributed by atoms with Crippen LogP contribution in [0.1, 0.15) is 17.3 Å². The number of aromatic nitrogens is 5. The number of anilines is 1. The van der Waals surface area contributed by atoms with Crippen molar-refractivity contribution in [1.29, 1.82) is 0 Å². The lowest BCUT2D eigenvalue weighted by Crippen LogP contribution is -2.01. The van der Waals surface area contributed by atoms with E-state index in [1.54, 1.807) is 10.9 Å². The van der Waals surface area contributed by atoms with Gasteiger partial charge in [-0.2, -0.15) is 4.98 Å². The number of rotatable bonds is 4. The highest BCUT2D eigenvalue weighted by Gasteiger charge is 2.08. The van der Waals surface area contributed by atoms with Crippen LogP contribution >= 0.6 is 0 Å². The fourth-order valence-electron chi connectivity index (χ4n) is 1.73. The molecule has 2 heterocycles. The van der Waals surface area contributed by atoms with Crippen molar-refractivity contribution in [2.75, 3.05) is 5.73 Å². The van der Waals surface area contributed by atoms with Crippen molar-refractivity contribution in [3.8, 4) is 0 Å². The van der Waals surface area contributed by atoms with E-state index in [1.807, 2.05) is 30.3 Å². The SMILES string of the molecule is Nc1cn(Cc2nc(Cc3ccccc3)no2)nn1. The second kappa shape index (κ2) is 4.89. The highest BCUT2D eigenvalue weighted by molar-refractivity contribution is 5.20. The van der Waals surface area contributed by atoms with Gasteiger partial charge in [0.15, 0.2) is 11.6 Å². The quantitative estimate of drug-likeness (QED) is 0.744. The van der Waals surface area contributed by atoms with E-state index in [1.165, 1.54) is 0 Å². The van der Waals surface area contributed by atoms with Crippen LogP contribution in [0.15, 0.2) is 41.1 Å². The summed E-state index contributed by atoms with van der Waals surface area (Å²) in [5.74, 6) is 1.49. The summed E-state index contributed by atoms with van der Waals surface area (Å²) in [7, 11) is 0. The molecule has 0 aliphatic heterocycles. The molecule has 7 nitrogen and oxygen atoms in total. The van der Waals surface area contributed by atoms with Gasteiger partial charge >= 0.3 is 0 Å². The number of nitrogens with two attached hydrogens (primary N) is 1. The molecule has 0 unspecified atom stereocenters. The normalized spacial score (nSPS) is 10.7. The summed E-state index contributed by atoms with van der Waals surface area (Å²) in [6.07, 6.45) is 2.25. The first kappa shape index (κ1) is 11.4. The maximum Gasteiger partial charge on any atom is 0.248 e. The van der Waals surface area contributed by atoms with Crippen molar-refractivity contribution in [3.63, 3.8) is 0 Å². The van der Waals surface area contributed by atoms with Crippen molar-refractivity contribution >= 4 is 5.82 Å². The summed E-state index contributed by atoms with van der Waals surface area (Å²) >= 11 is 0. The zero-order chi connectivity index (χ0) is 13.1. The van der Waals surface area contributed by atoms with E-state index in [9.17, 15) is 0 Å². The van der Waals surface area contributed by atoms with Crippen LogP contribution in [0.25, 0.3) is 0 Å². The van der Waals surface area contributed by atoms with Crippen LogP contribution < -0.4 is 5.73 Å². The topological polar surface area (TPSA) is 95.7 Å². The molecule has 96 valence electrons. The standard InChI is InChI=1S/C12H12N6O/c13-10-7-18(17-15-10)8-12-14-11(16-19-12)6-9-4-2-1-3-5-9/h1-5,7H,6,8,13H2. The van der Waals surface area contributed by atoms with Crippen LogP contribution in [0, 0.1) is 0 Å². The third-order valence-electron chi connectivity index (χ3n) is 2.57. The zero-order valence-electron chi connectivity index (χ0n) is 10.1. The molecule has 0 fully saturated rings. The second-order valence-electron chi connectivity index (χ2n) is 4.11. The monoisotopic (exact) mass is 256 g/mol. The fourth-order valence-corrected chi connectivity index (χ4v) is 1.73. The number of hydrogen-bond donors (Lipinski definition) is 1. The smallest absolute Gasteiger partial charge is 0.248 e. The third-order valence-corrected chi connectivity index (χ3v) is 2.57. The van der Waals surface area contributed by atoms with Crippen molar-refractivity contribution in [2.45, 2.75) is 13.0 Å². The number of nitrogens with zero attached hydrogens (tertiary/aromatic N) is 5. The molecule has 3 aromatic rings. The molecule has 7 heteroatoms. The van der Waals surface area contributed by atoms with Crippen LogP contribution in [0.4, 0.5) is 5.82 Å². The van der Waals surface area contributed by atoms with Crippen LogP contribution in [0.2, 0.25) is 0 Å². The number of nitrogen functional groups attached to an aromatic ring is 1. The predicted molar refractivity (Wildman–Crippen MR) is 67.1 cm³/mol. The van der Waals surface area contributed by atoms with Gasteiger partial charge in [0.05, 0.1) is 6.20 Å². The van der Waals surface area contributed by atoms with Crippen LogP contribution in [-0.2, 0) is 13.0 Å². The molecule has 0 amide bonds. The second-order valence-corrected chi connectivity index (χ2v) is 4.11. The number of hydrogen-bond acceptors (Lipinski definition) is 6. The highest BCUT2D eigenvalue weighted by Crippen LogP contribution is 2.07. The van der Waals surface area contributed by atoms with Gasteiger partial charge in [-0.1, -0.05) is 40.7 Å². The summed E-state index contributed by atoms with van der Waals surface area (Å²) in [5.41, 5.74) is 6.62. The van der Waals surface area contributed by atoms with Gasteiger partial charge < -0.3 is 10.3 Å². The lowest BCUT2D eigenvalue weighted by Gasteiger charge is -1.94. The molecule has 0 aliphatic carbocycles. The molecule has 2 N–H and O–H groups in total. The number of benzene rings is 1. The summed E-state index contributed by atoms with van der Waals surface area (Å²) in [4.78, 5) is 4.30. The van der Waals surface area contributed by atoms with Gasteiger partial charge in [-0.3, -0.25) is 0 Å². The minimum atomic E-state index is 0.365. The Kier molecular flexibility index (Phi) is 2.93. The van der Waals surface area contributed by atoms with Gasteiger partial charge in [0.2, 0.25) is 5.89 Å². The van der Waals surface area contributed by atoms with Crippen LogP contribution in [-0.4, -0.2) is 25.1 Å². The van der Waals surface area contributed by atoms with E-state index < -0.39 is 0 Å². The molecule has 0 saturated carbocycles. The predicted octanol–water partition coefficient (Wildman–Crippen LogP) is 0.882. The maximum absolute atomic E-state index is 5.48. The van der Waals surface area contributed by atoms with E-state index in [-0.39, 0.29) is 0 Å². The van der Waals surface area contributed by atoms with E-state index in [2.05, 4.69) is 20.5 Å². The molecule has 0 saturated heterocycles. The first-order valence-corrected chi connectivity index (χ1v) is 5.80. The zero-order valence-corrected chi connectivity index (χ0v) is 10.1. The molecule has 2 aromatic heterocycles.